The summed E-state index contributed by atoms with van der Waals surface area (Å²) in [5.74, 6) is 0.494. The van der Waals surface area contributed by atoms with Crippen LogP contribution in [-0.2, 0) is 6.42 Å². The van der Waals surface area contributed by atoms with Crippen LogP contribution < -0.4 is 5.32 Å². The lowest BCUT2D eigenvalue weighted by molar-refractivity contribution is 0.0841. The molecule has 22 heavy (non-hydrogen) atoms. The lowest BCUT2D eigenvalue weighted by Gasteiger charge is -2.43. The number of benzene rings is 1. The maximum absolute atomic E-state index is 10.6. The summed E-state index contributed by atoms with van der Waals surface area (Å²) in [6, 6.07) is 6.45. The molecule has 2 N–H and O–H groups in total. The summed E-state index contributed by atoms with van der Waals surface area (Å²) < 4.78 is 0. The zero-order valence-electron chi connectivity index (χ0n) is 14.1. The first-order chi connectivity index (χ1) is 9.45. The molecule has 1 aromatic carbocycles. The van der Waals surface area contributed by atoms with Crippen LogP contribution in [0.2, 0.25) is 0 Å². The average Bonchev–Trinajstić information content (AvgIpc) is 2.41. The van der Waals surface area contributed by atoms with Crippen molar-refractivity contribution in [3.05, 3.63) is 29.3 Å². The Labute approximate surface area is 147 Å². The number of nitrogens with zero attached hydrogens (tertiary/aromatic N) is 1. The summed E-state index contributed by atoms with van der Waals surface area (Å²) in [5, 5.41) is 14.0. The van der Waals surface area contributed by atoms with Gasteiger partial charge in [0, 0.05) is 37.8 Å². The average molecular weight is 349 g/mol. The number of halogens is 2. The van der Waals surface area contributed by atoms with E-state index in [9.17, 15) is 5.11 Å². The van der Waals surface area contributed by atoms with Gasteiger partial charge in [0.15, 0.2) is 0 Å². The number of rotatable bonds is 3. The number of aryl methyl sites for hydroxylation is 1. The number of hydrogen-bond acceptors (Lipinski definition) is 3. The second-order valence-corrected chi connectivity index (χ2v) is 6.76. The Hall–Kier alpha value is -0.480. The first-order valence-corrected chi connectivity index (χ1v) is 7.70. The van der Waals surface area contributed by atoms with Gasteiger partial charge in [-0.3, -0.25) is 4.90 Å². The summed E-state index contributed by atoms with van der Waals surface area (Å²) in [7, 11) is 0. The van der Waals surface area contributed by atoms with Crippen molar-refractivity contribution in [3.8, 4) is 5.75 Å². The zero-order chi connectivity index (χ0) is 14.8. The number of phenolic OH excluding ortho intramolecular Hbond substituents is 1. The van der Waals surface area contributed by atoms with Crippen LogP contribution in [0.1, 0.15) is 44.9 Å². The molecule has 1 heterocycles. The van der Waals surface area contributed by atoms with Crippen molar-refractivity contribution in [1.82, 2.24) is 10.2 Å². The highest BCUT2D eigenvalue weighted by atomic mass is 35.5. The number of nitrogens with one attached hydrogen (secondary N) is 1. The van der Waals surface area contributed by atoms with Gasteiger partial charge in [-0.2, -0.15) is 0 Å². The van der Waals surface area contributed by atoms with E-state index in [1.165, 1.54) is 0 Å². The van der Waals surface area contributed by atoms with E-state index < -0.39 is 0 Å². The van der Waals surface area contributed by atoms with Crippen molar-refractivity contribution in [1.29, 1.82) is 0 Å². The minimum Gasteiger partial charge on any atom is -0.507 e. The highest BCUT2D eigenvalue weighted by molar-refractivity contribution is 5.85. The summed E-state index contributed by atoms with van der Waals surface area (Å²) >= 11 is 0. The van der Waals surface area contributed by atoms with E-state index in [-0.39, 0.29) is 36.3 Å². The topological polar surface area (TPSA) is 35.5 Å². The van der Waals surface area contributed by atoms with E-state index in [4.69, 9.17) is 0 Å². The van der Waals surface area contributed by atoms with Crippen LogP contribution >= 0.6 is 24.8 Å². The molecule has 128 valence electrons. The van der Waals surface area contributed by atoms with Crippen LogP contribution in [0.15, 0.2) is 18.2 Å². The molecule has 0 radical (unpaired) electrons. The van der Waals surface area contributed by atoms with Gasteiger partial charge >= 0.3 is 0 Å². The Kier molecular flexibility index (Phi) is 8.78. The third kappa shape index (κ3) is 4.76. The fourth-order valence-corrected chi connectivity index (χ4v) is 3.27. The predicted octanol–water partition coefficient (Wildman–Crippen LogP) is 3.79. The largest absolute Gasteiger partial charge is 0.507 e. The van der Waals surface area contributed by atoms with Gasteiger partial charge in [0.25, 0.3) is 0 Å². The molecule has 0 spiro atoms. The molecule has 3 nitrogen and oxygen atoms in total. The lowest BCUT2D eigenvalue weighted by atomic mass is 9.80. The monoisotopic (exact) mass is 348 g/mol. The molecule has 1 aliphatic heterocycles. The number of aromatic hydroxyl groups is 1. The smallest absolute Gasteiger partial charge is 0.123 e. The van der Waals surface area contributed by atoms with E-state index >= 15 is 0 Å². The number of phenols is 1. The molecule has 1 atom stereocenters. The van der Waals surface area contributed by atoms with Gasteiger partial charge in [0.1, 0.15) is 5.75 Å². The molecule has 1 saturated heterocycles. The Balaban J connectivity index is 0.00000220. The standard InChI is InChI=1S/C17H28N2O.2ClH/c1-5-13-7-6-8-14(15(13)20)16(17(2,3)4)19-11-9-18-10-12-19;;/h6-8,16,18,20H,5,9-12H2,1-4H3;2*1H/t16-;;/m1../s1. The van der Waals surface area contributed by atoms with Crippen LogP contribution in [-0.4, -0.2) is 36.2 Å². The lowest BCUT2D eigenvalue weighted by Crippen LogP contribution is -2.48. The van der Waals surface area contributed by atoms with Crippen LogP contribution in [0.3, 0.4) is 0 Å². The molecule has 1 fully saturated rings. The van der Waals surface area contributed by atoms with Crippen molar-refractivity contribution >= 4 is 24.8 Å². The highest BCUT2D eigenvalue weighted by Crippen LogP contribution is 2.42. The van der Waals surface area contributed by atoms with Crippen molar-refractivity contribution in [2.24, 2.45) is 5.41 Å². The molecule has 0 saturated carbocycles. The highest BCUT2D eigenvalue weighted by Gasteiger charge is 2.34. The first kappa shape index (κ1) is 21.5. The second kappa shape index (κ2) is 8.97. The predicted molar refractivity (Wildman–Crippen MR) is 98.6 cm³/mol. The van der Waals surface area contributed by atoms with Gasteiger partial charge in [-0.1, -0.05) is 45.9 Å². The molecular weight excluding hydrogens is 319 g/mol. The van der Waals surface area contributed by atoms with Crippen molar-refractivity contribution in [2.45, 2.75) is 40.2 Å². The van der Waals surface area contributed by atoms with Crippen LogP contribution in [0, 0.1) is 5.41 Å². The van der Waals surface area contributed by atoms with Crippen LogP contribution in [0.4, 0.5) is 0 Å². The fraction of sp³-hybridized carbons (Fsp3) is 0.647. The van der Waals surface area contributed by atoms with E-state index in [0.29, 0.717) is 5.75 Å². The minimum atomic E-state index is 0. The van der Waals surface area contributed by atoms with Gasteiger partial charge in [0.05, 0.1) is 0 Å². The number of para-hydroxylation sites is 1. The molecular formula is C17H30Cl2N2O. The first-order valence-electron chi connectivity index (χ1n) is 7.70. The summed E-state index contributed by atoms with van der Waals surface area (Å²) in [6.45, 7) is 13.0. The minimum absolute atomic E-state index is 0. The Morgan fingerprint density at radius 3 is 2.27 bits per heavy atom. The van der Waals surface area contributed by atoms with Crippen LogP contribution in [0.5, 0.6) is 5.75 Å². The summed E-state index contributed by atoms with van der Waals surface area (Å²) in [5.41, 5.74) is 2.23. The normalized spacial score (nSPS) is 17.3. The third-order valence-corrected chi connectivity index (χ3v) is 4.16. The molecule has 0 bridgehead atoms. The molecule has 1 aromatic rings. The third-order valence-electron chi connectivity index (χ3n) is 4.16. The maximum Gasteiger partial charge on any atom is 0.123 e. The Morgan fingerprint density at radius 2 is 1.77 bits per heavy atom. The quantitative estimate of drug-likeness (QED) is 0.872. The number of piperazine rings is 1. The van der Waals surface area contributed by atoms with Gasteiger partial charge in [-0.05, 0) is 17.4 Å². The second-order valence-electron chi connectivity index (χ2n) is 6.76. The summed E-state index contributed by atoms with van der Waals surface area (Å²) in [6.07, 6.45) is 0.873. The summed E-state index contributed by atoms with van der Waals surface area (Å²) in [4.78, 5) is 2.50. The van der Waals surface area contributed by atoms with E-state index in [2.05, 4.69) is 50.0 Å². The SMILES string of the molecule is CCc1cccc([C@@H](N2CCNCC2)C(C)(C)C)c1O.Cl.Cl. The van der Waals surface area contributed by atoms with Crippen molar-refractivity contribution < 1.29 is 5.11 Å². The van der Waals surface area contributed by atoms with Gasteiger partial charge < -0.3 is 10.4 Å². The molecule has 1 aliphatic rings. The fourth-order valence-electron chi connectivity index (χ4n) is 3.27. The Bertz CT molecular complexity index is 454. The zero-order valence-corrected chi connectivity index (χ0v) is 15.7. The Morgan fingerprint density at radius 1 is 1.18 bits per heavy atom. The van der Waals surface area contributed by atoms with E-state index in [1.807, 2.05) is 6.07 Å². The molecule has 0 unspecified atom stereocenters. The van der Waals surface area contributed by atoms with E-state index in [1.54, 1.807) is 0 Å². The number of hydrogen-bond donors (Lipinski definition) is 2. The van der Waals surface area contributed by atoms with Gasteiger partial charge in [0.2, 0.25) is 0 Å². The molecule has 2 rings (SSSR count). The molecule has 5 heteroatoms. The van der Waals surface area contributed by atoms with Gasteiger partial charge in [-0.25, -0.2) is 0 Å². The molecule has 0 amide bonds. The van der Waals surface area contributed by atoms with Crippen molar-refractivity contribution in [2.75, 3.05) is 26.2 Å². The van der Waals surface area contributed by atoms with Gasteiger partial charge in [-0.15, -0.1) is 24.8 Å². The molecule has 0 aliphatic carbocycles. The maximum atomic E-state index is 10.6. The molecule has 0 aromatic heterocycles. The van der Waals surface area contributed by atoms with Crippen LogP contribution in [0.25, 0.3) is 0 Å². The van der Waals surface area contributed by atoms with Crippen molar-refractivity contribution in [3.63, 3.8) is 0 Å². The van der Waals surface area contributed by atoms with E-state index in [0.717, 1.165) is 43.7 Å².